The molecule has 5 heteroatoms. The van der Waals surface area contributed by atoms with E-state index in [4.69, 9.17) is 4.74 Å². The molecule has 0 aliphatic carbocycles. The minimum Gasteiger partial charge on any atom is -0.496 e. The molecule has 0 aliphatic heterocycles. The largest absolute Gasteiger partial charge is 0.496 e. The summed E-state index contributed by atoms with van der Waals surface area (Å²) < 4.78 is 8.75. The van der Waals surface area contributed by atoms with Gasteiger partial charge in [-0.2, -0.15) is 4.99 Å². The van der Waals surface area contributed by atoms with Crippen LogP contribution in [0.15, 0.2) is 59.6 Å². The van der Waals surface area contributed by atoms with Gasteiger partial charge < -0.3 is 9.30 Å². The Bertz CT molecular complexity index is 1250. The monoisotopic (exact) mass is 390 g/mol. The number of carbonyl (C=O) groups is 1. The number of hydrogen-bond acceptors (Lipinski definition) is 3. The number of rotatable bonds is 4. The van der Waals surface area contributed by atoms with E-state index in [1.807, 2.05) is 36.4 Å². The van der Waals surface area contributed by atoms with Crippen LogP contribution in [0.1, 0.15) is 29.3 Å². The minimum atomic E-state index is -0.282. The number of carbonyl (C=O) groups excluding carboxylic acids is 1. The van der Waals surface area contributed by atoms with Gasteiger partial charge in [0.1, 0.15) is 5.75 Å². The molecule has 0 saturated heterocycles. The number of methoxy groups -OCH3 is 1. The van der Waals surface area contributed by atoms with Crippen molar-refractivity contribution in [2.75, 3.05) is 7.11 Å². The molecule has 0 N–H and O–H groups in total. The molecule has 28 heavy (non-hydrogen) atoms. The number of hydrogen-bond donors (Lipinski definition) is 0. The molecule has 0 fully saturated rings. The fourth-order valence-corrected chi connectivity index (χ4v) is 4.56. The van der Waals surface area contributed by atoms with E-state index in [1.54, 1.807) is 18.4 Å². The quantitative estimate of drug-likeness (QED) is 0.473. The van der Waals surface area contributed by atoms with E-state index in [9.17, 15) is 4.79 Å². The number of fused-ring (bicyclic) bond motifs is 2. The van der Waals surface area contributed by atoms with Crippen molar-refractivity contribution in [1.82, 2.24) is 4.57 Å². The Morgan fingerprint density at radius 3 is 2.57 bits per heavy atom. The zero-order valence-electron chi connectivity index (χ0n) is 16.2. The fourth-order valence-electron chi connectivity index (χ4n) is 3.41. The summed E-state index contributed by atoms with van der Waals surface area (Å²) in [6.07, 6.45) is 0.973. The SMILES string of the molecule is CCCn1c(=NC(=O)c2cc3ccccc3cc2OC)sc2cc(C)ccc21. The fraction of sp³-hybridized carbons (Fsp3) is 0.217. The molecule has 1 heterocycles. The van der Waals surface area contributed by atoms with Crippen LogP contribution in [0.25, 0.3) is 21.0 Å². The average molecular weight is 391 g/mol. The maximum absolute atomic E-state index is 13.1. The second-order valence-electron chi connectivity index (χ2n) is 6.82. The molecule has 142 valence electrons. The lowest BCUT2D eigenvalue weighted by atomic mass is 10.1. The molecule has 0 atom stereocenters. The molecule has 3 aromatic carbocycles. The van der Waals surface area contributed by atoms with Crippen molar-refractivity contribution in [2.24, 2.45) is 4.99 Å². The van der Waals surface area contributed by atoms with Crippen LogP contribution in [0.3, 0.4) is 0 Å². The zero-order valence-corrected chi connectivity index (χ0v) is 17.0. The predicted octanol–water partition coefficient (Wildman–Crippen LogP) is 5.32. The highest BCUT2D eigenvalue weighted by atomic mass is 32.1. The Kier molecular flexibility index (Phi) is 5.01. The average Bonchev–Trinajstić information content (AvgIpc) is 3.03. The molecule has 1 aromatic heterocycles. The summed E-state index contributed by atoms with van der Waals surface area (Å²) in [5.41, 5.74) is 2.80. The molecular formula is C23H22N2O2S. The van der Waals surface area contributed by atoms with E-state index < -0.39 is 0 Å². The summed E-state index contributed by atoms with van der Waals surface area (Å²) in [7, 11) is 1.58. The van der Waals surface area contributed by atoms with Crippen molar-refractivity contribution in [1.29, 1.82) is 0 Å². The highest BCUT2D eigenvalue weighted by molar-refractivity contribution is 7.16. The van der Waals surface area contributed by atoms with Gasteiger partial charge in [-0.3, -0.25) is 4.79 Å². The molecule has 0 saturated carbocycles. The molecule has 0 radical (unpaired) electrons. The van der Waals surface area contributed by atoms with Crippen molar-refractivity contribution in [3.63, 3.8) is 0 Å². The Morgan fingerprint density at radius 2 is 1.86 bits per heavy atom. The molecule has 0 bridgehead atoms. The highest BCUT2D eigenvalue weighted by Gasteiger charge is 2.14. The number of ether oxygens (including phenoxy) is 1. The molecular weight excluding hydrogens is 368 g/mol. The van der Waals surface area contributed by atoms with Gasteiger partial charge in [0.15, 0.2) is 4.80 Å². The van der Waals surface area contributed by atoms with Gasteiger partial charge in [-0.15, -0.1) is 0 Å². The minimum absolute atomic E-state index is 0.282. The van der Waals surface area contributed by atoms with E-state index >= 15 is 0 Å². The van der Waals surface area contributed by atoms with Gasteiger partial charge in [0, 0.05) is 6.54 Å². The maximum atomic E-state index is 13.1. The maximum Gasteiger partial charge on any atom is 0.283 e. The summed E-state index contributed by atoms with van der Waals surface area (Å²) in [6, 6.07) is 18.0. The van der Waals surface area contributed by atoms with Crippen molar-refractivity contribution in [2.45, 2.75) is 26.8 Å². The lowest BCUT2D eigenvalue weighted by Crippen LogP contribution is -2.17. The van der Waals surface area contributed by atoms with E-state index in [0.717, 1.165) is 38.8 Å². The van der Waals surface area contributed by atoms with Crippen molar-refractivity contribution < 1.29 is 9.53 Å². The van der Waals surface area contributed by atoms with Crippen LogP contribution >= 0.6 is 11.3 Å². The van der Waals surface area contributed by atoms with Crippen LogP contribution in [0.2, 0.25) is 0 Å². The van der Waals surface area contributed by atoms with Gasteiger partial charge >= 0.3 is 0 Å². The van der Waals surface area contributed by atoms with Crippen LogP contribution in [0.4, 0.5) is 0 Å². The van der Waals surface area contributed by atoms with Gasteiger partial charge in [-0.1, -0.05) is 48.6 Å². The van der Waals surface area contributed by atoms with Crippen LogP contribution in [0, 0.1) is 6.92 Å². The number of benzene rings is 3. The summed E-state index contributed by atoms with van der Waals surface area (Å²) in [6.45, 7) is 5.03. The molecule has 0 spiro atoms. The third kappa shape index (κ3) is 3.34. The topological polar surface area (TPSA) is 43.6 Å². The first-order valence-corrected chi connectivity index (χ1v) is 10.2. The van der Waals surface area contributed by atoms with Crippen LogP contribution in [-0.4, -0.2) is 17.6 Å². The van der Waals surface area contributed by atoms with Gasteiger partial charge in [0.25, 0.3) is 5.91 Å². The Morgan fingerprint density at radius 1 is 1.11 bits per heavy atom. The summed E-state index contributed by atoms with van der Waals surface area (Å²) >= 11 is 1.55. The lowest BCUT2D eigenvalue weighted by molar-refractivity contribution is 0.0995. The first kappa shape index (κ1) is 18.4. The second kappa shape index (κ2) is 7.60. The highest BCUT2D eigenvalue weighted by Crippen LogP contribution is 2.27. The van der Waals surface area contributed by atoms with Crippen molar-refractivity contribution in [3.05, 3.63) is 70.5 Å². The molecule has 4 nitrogen and oxygen atoms in total. The van der Waals surface area contributed by atoms with E-state index in [2.05, 4.69) is 41.6 Å². The van der Waals surface area contributed by atoms with Gasteiger partial charge in [0.05, 0.1) is 22.9 Å². The Balaban J connectivity index is 1.88. The van der Waals surface area contributed by atoms with Crippen molar-refractivity contribution in [3.8, 4) is 5.75 Å². The van der Waals surface area contributed by atoms with Crippen LogP contribution in [-0.2, 0) is 6.54 Å². The van der Waals surface area contributed by atoms with Crippen LogP contribution in [0.5, 0.6) is 5.75 Å². The van der Waals surface area contributed by atoms with Gasteiger partial charge in [-0.05, 0) is 53.9 Å². The normalized spacial score (nSPS) is 12.0. The zero-order chi connectivity index (χ0) is 19.7. The van der Waals surface area contributed by atoms with Gasteiger partial charge in [-0.25, -0.2) is 0 Å². The summed E-state index contributed by atoms with van der Waals surface area (Å²) in [5.74, 6) is 0.266. The number of aromatic nitrogens is 1. The summed E-state index contributed by atoms with van der Waals surface area (Å²) in [5, 5.41) is 2.03. The van der Waals surface area contributed by atoms with Gasteiger partial charge in [0.2, 0.25) is 0 Å². The second-order valence-corrected chi connectivity index (χ2v) is 7.83. The third-order valence-electron chi connectivity index (χ3n) is 4.78. The molecule has 0 unspecified atom stereocenters. The Labute approximate surface area is 167 Å². The first-order chi connectivity index (χ1) is 13.6. The van der Waals surface area contributed by atoms with Crippen molar-refractivity contribution >= 4 is 38.2 Å². The molecule has 4 rings (SSSR count). The number of nitrogens with zero attached hydrogens (tertiary/aromatic N) is 2. The van der Waals surface area contributed by atoms with E-state index in [0.29, 0.717) is 11.3 Å². The first-order valence-electron chi connectivity index (χ1n) is 9.36. The van der Waals surface area contributed by atoms with Crippen LogP contribution < -0.4 is 9.54 Å². The molecule has 1 amide bonds. The lowest BCUT2D eigenvalue weighted by Gasteiger charge is -2.08. The number of amides is 1. The predicted molar refractivity (Wildman–Crippen MR) is 115 cm³/mol. The molecule has 0 aliphatic rings. The standard InChI is InChI=1S/C23H22N2O2S/c1-4-11-25-19-10-9-15(2)12-21(19)28-23(25)24-22(26)18-13-16-7-5-6-8-17(16)14-20(18)27-3/h5-10,12-14H,4,11H2,1-3H3. The summed E-state index contributed by atoms with van der Waals surface area (Å²) in [4.78, 5) is 18.3. The number of aryl methyl sites for hydroxylation is 2. The van der Waals surface area contributed by atoms with E-state index in [1.165, 1.54) is 5.56 Å². The number of thiazole rings is 1. The third-order valence-corrected chi connectivity index (χ3v) is 5.82. The molecule has 4 aromatic rings. The Hall–Kier alpha value is -2.92. The smallest absolute Gasteiger partial charge is 0.283 e. The van der Waals surface area contributed by atoms with E-state index in [-0.39, 0.29) is 5.91 Å².